The van der Waals surface area contributed by atoms with Crippen molar-refractivity contribution in [1.82, 2.24) is 0 Å². The minimum Gasteiger partial charge on any atom is -1.00 e. The van der Waals surface area contributed by atoms with Gasteiger partial charge in [-0.1, -0.05) is 0 Å². The summed E-state index contributed by atoms with van der Waals surface area (Å²) in [5, 5.41) is 0. The van der Waals surface area contributed by atoms with Crippen molar-refractivity contribution in [3.8, 4) is 11.1 Å². The first-order valence-corrected chi connectivity index (χ1v) is 17.0. The summed E-state index contributed by atoms with van der Waals surface area (Å²) in [7, 11) is 0. The van der Waals surface area contributed by atoms with E-state index in [4.69, 9.17) is 4.21 Å². The molecule has 1 unspecified atom stereocenters. The molecule has 2 aliphatic rings. The molecule has 0 bridgehead atoms. The second-order valence-electron chi connectivity index (χ2n) is 12.7. The molecule has 0 spiro atoms. The van der Waals surface area contributed by atoms with Crippen molar-refractivity contribution in [2.45, 2.75) is 83.7 Å². The molecule has 0 saturated carbocycles. The van der Waals surface area contributed by atoms with Crippen molar-refractivity contribution in [2.24, 2.45) is 11.8 Å². The van der Waals surface area contributed by atoms with Gasteiger partial charge in [-0.2, -0.15) is 0 Å². The summed E-state index contributed by atoms with van der Waals surface area (Å²) >= 11 is -2.28. The van der Waals surface area contributed by atoms with Gasteiger partial charge in [-0.05, 0) is 0 Å². The van der Waals surface area contributed by atoms with E-state index in [9.17, 15) is 0 Å². The zero-order chi connectivity index (χ0) is 24.5. The quantitative estimate of drug-likeness (QED) is 0.518. The molecule has 2 aliphatic carbocycles. The van der Waals surface area contributed by atoms with Gasteiger partial charge in [0, 0.05) is 0 Å². The number of hydrogen-bond acceptors (Lipinski definition) is 0. The predicted octanol–water partition coefficient (Wildman–Crippen LogP) is 2.92. The molecule has 2 aromatic rings. The van der Waals surface area contributed by atoms with Crippen molar-refractivity contribution in [3.05, 3.63) is 79.2 Å². The maximum Gasteiger partial charge on any atom is -1.00 e. The topological polar surface area (TPSA) is 0 Å². The van der Waals surface area contributed by atoms with Crippen LogP contribution in [0.2, 0.25) is 0 Å². The van der Waals surface area contributed by atoms with E-state index < -0.39 is 21.3 Å². The molecule has 35 heavy (non-hydrogen) atoms. The van der Waals surface area contributed by atoms with Crippen molar-refractivity contribution in [2.75, 3.05) is 0 Å². The van der Waals surface area contributed by atoms with Crippen LogP contribution >= 0.6 is 0 Å². The molecule has 0 fully saturated rings. The Hall–Kier alpha value is -0.747. The fourth-order valence-corrected chi connectivity index (χ4v) is 12.8. The van der Waals surface area contributed by atoms with E-state index in [-0.39, 0.29) is 35.6 Å². The Morgan fingerprint density at radius 1 is 0.800 bits per heavy atom. The third-order valence-corrected chi connectivity index (χ3v) is 14.8. The van der Waals surface area contributed by atoms with E-state index in [0.29, 0.717) is 15.5 Å². The molecular weight excluding hydrogens is 546 g/mol. The van der Waals surface area contributed by atoms with Crippen LogP contribution < -0.4 is 24.8 Å². The standard InChI is InChI=1S/C21H25.C10H15.CH2.2ClH.Zr/c1-20(2,3)16-7-9-18-14(12-16)11-15-13-17(21(4,5)6)8-10-19(15)18;1-7(2)10-6-8(3)5-9(10)4;;;;/h7-13H,1-6H3;6-8H,1-4H3;1H2;2*1H;/q;;;;;+2/p-2. The van der Waals surface area contributed by atoms with Gasteiger partial charge in [0.1, 0.15) is 0 Å². The molecule has 0 N–H and O–H groups in total. The Bertz CT molecular complexity index is 1140. The smallest absolute Gasteiger partial charge is 1.00 e. The minimum atomic E-state index is -2.28. The van der Waals surface area contributed by atoms with Crippen LogP contribution in [0.4, 0.5) is 0 Å². The van der Waals surface area contributed by atoms with Gasteiger partial charge in [0.15, 0.2) is 0 Å². The van der Waals surface area contributed by atoms with Crippen LogP contribution in [0.25, 0.3) is 11.1 Å². The monoisotopic (exact) mass is 586 g/mol. The zero-order valence-electron chi connectivity index (χ0n) is 23.2. The zero-order valence-corrected chi connectivity index (χ0v) is 27.2. The molecular formula is C32H42Cl2Zr. The SMILES string of the molecule is [CH2]=[Zr+2]([C]1=C(C)C(C(C)C)=CC1C)[CH]1c2cc(C(C)(C)C)ccc2-c2ccc(C(C)(C)C)cc21.[Cl-].[Cl-]. The van der Waals surface area contributed by atoms with E-state index in [1.54, 1.807) is 25.6 Å². The van der Waals surface area contributed by atoms with Gasteiger partial charge in [0.2, 0.25) is 0 Å². The predicted molar refractivity (Wildman–Crippen MR) is 143 cm³/mol. The maximum atomic E-state index is 5.08. The van der Waals surface area contributed by atoms with Gasteiger partial charge in [0.25, 0.3) is 0 Å². The summed E-state index contributed by atoms with van der Waals surface area (Å²) in [5.41, 5.74) is 12.3. The minimum absolute atomic E-state index is 0. The van der Waals surface area contributed by atoms with Crippen molar-refractivity contribution < 1.29 is 46.1 Å². The number of allylic oxidation sites excluding steroid dienone is 4. The molecule has 0 amide bonds. The Morgan fingerprint density at radius 2 is 1.23 bits per heavy atom. The van der Waals surface area contributed by atoms with E-state index in [1.807, 2.05) is 0 Å². The Kier molecular flexibility index (Phi) is 9.19. The normalized spacial score (nSPS) is 17.3. The summed E-state index contributed by atoms with van der Waals surface area (Å²) in [6.07, 6.45) is 2.54. The fourth-order valence-electron chi connectivity index (χ4n) is 5.86. The van der Waals surface area contributed by atoms with Crippen molar-refractivity contribution >= 4 is 4.21 Å². The van der Waals surface area contributed by atoms with Crippen LogP contribution in [0.15, 0.2) is 56.9 Å². The van der Waals surface area contributed by atoms with Crippen molar-refractivity contribution in [3.63, 3.8) is 0 Å². The molecule has 4 rings (SSSR count). The first-order valence-electron chi connectivity index (χ1n) is 12.6. The van der Waals surface area contributed by atoms with Crippen molar-refractivity contribution in [1.29, 1.82) is 0 Å². The number of fused-ring (bicyclic) bond motifs is 3. The number of hydrogen-bond donors (Lipinski definition) is 0. The Morgan fingerprint density at radius 3 is 1.57 bits per heavy atom. The van der Waals surface area contributed by atoms with E-state index in [0.717, 1.165) is 0 Å². The Balaban J connectivity index is 0.00000216. The fraction of sp³-hybridized carbons (Fsp3) is 0.469. The summed E-state index contributed by atoms with van der Waals surface area (Å²) in [6.45, 7) is 23.4. The van der Waals surface area contributed by atoms with E-state index in [1.165, 1.54) is 22.3 Å². The summed E-state index contributed by atoms with van der Waals surface area (Å²) in [5.74, 6) is 1.13. The van der Waals surface area contributed by atoms with Gasteiger partial charge in [-0.15, -0.1) is 0 Å². The molecule has 0 saturated heterocycles. The maximum absolute atomic E-state index is 5.08. The number of benzene rings is 2. The second kappa shape index (κ2) is 10.6. The molecule has 0 heterocycles. The second-order valence-corrected chi connectivity index (χ2v) is 18.0. The van der Waals surface area contributed by atoms with Gasteiger partial charge in [-0.3, -0.25) is 0 Å². The van der Waals surface area contributed by atoms with Crippen LogP contribution in [0, 0.1) is 11.8 Å². The summed E-state index contributed by atoms with van der Waals surface area (Å²) in [6, 6.07) is 14.6. The first kappa shape index (κ1) is 30.5. The van der Waals surface area contributed by atoms with Gasteiger partial charge in [-0.25, -0.2) is 0 Å². The molecule has 0 nitrogen and oxygen atoms in total. The van der Waals surface area contributed by atoms with E-state index >= 15 is 0 Å². The van der Waals surface area contributed by atoms with Crippen LogP contribution in [0.1, 0.15) is 95.1 Å². The largest absolute Gasteiger partial charge is 1.00 e. The van der Waals surface area contributed by atoms with Crippen LogP contribution in [-0.2, 0) is 32.1 Å². The molecule has 3 heteroatoms. The average Bonchev–Trinajstić information content (AvgIpc) is 3.19. The molecule has 0 radical (unpaired) electrons. The molecule has 1 atom stereocenters. The van der Waals surface area contributed by atoms with Crippen LogP contribution in [0.3, 0.4) is 0 Å². The van der Waals surface area contributed by atoms with Gasteiger partial charge >= 0.3 is 211 Å². The Labute approximate surface area is 234 Å². The first-order chi connectivity index (χ1) is 15.2. The molecule has 0 aromatic heterocycles. The number of halogens is 2. The summed E-state index contributed by atoms with van der Waals surface area (Å²) in [4.78, 5) is 0. The molecule has 0 aliphatic heterocycles. The average molecular weight is 589 g/mol. The van der Waals surface area contributed by atoms with Crippen LogP contribution in [0.5, 0.6) is 0 Å². The van der Waals surface area contributed by atoms with Gasteiger partial charge < -0.3 is 24.8 Å². The van der Waals surface area contributed by atoms with Gasteiger partial charge in [0.05, 0.1) is 0 Å². The molecule has 2 aromatic carbocycles. The van der Waals surface area contributed by atoms with E-state index in [2.05, 4.69) is 112 Å². The van der Waals surface area contributed by atoms with Crippen LogP contribution in [-0.4, -0.2) is 4.21 Å². The number of rotatable bonds is 3. The molecule has 188 valence electrons. The third kappa shape index (κ3) is 5.44. The third-order valence-electron chi connectivity index (χ3n) is 7.79. The summed E-state index contributed by atoms with van der Waals surface area (Å²) < 4.78 is 7.31.